The first kappa shape index (κ1) is 22.4. The van der Waals surface area contributed by atoms with Gasteiger partial charge in [0.25, 0.3) is 0 Å². The van der Waals surface area contributed by atoms with Gasteiger partial charge in [0.2, 0.25) is 21.8 Å². The topological polar surface area (TPSA) is 119 Å². The monoisotopic (exact) mass is 439 g/mol. The first-order valence-electron chi connectivity index (χ1n) is 10.1. The summed E-state index contributed by atoms with van der Waals surface area (Å²) in [5, 5.41) is 0. The second kappa shape index (κ2) is 9.22. The molecule has 9 nitrogen and oxygen atoms in total. The molecule has 0 radical (unpaired) electrons. The molecule has 0 aliphatic carbocycles. The zero-order chi connectivity index (χ0) is 21.9. The number of hydrogen-bond donors (Lipinski definition) is 1. The van der Waals surface area contributed by atoms with Crippen LogP contribution in [0.3, 0.4) is 0 Å². The van der Waals surface area contributed by atoms with Crippen molar-refractivity contribution in [1.82, 2.24) is 9.21 Å². The number of primary amides is 1. The third-order valence-corrected chi connectivity index (χ3v) is 7.80. The average molecular weight is 440 g/mol. The molecule has 0 aromatic heterocycles. The van der Waals surface area contributed by atoms with Gasteiger partial charge in [0, 0.05) is 38.2 Å². The van der Waals surface area contributed by atoms with Crippen LogP contribution in [-0.4, -0.2) is 69.8 Å². The van der Waals surface area contributed by atoms with E-state index in [4.69, 9.17) is 15.2 Å². The minimum Gasteiger partial charge on any atom is -0.493 e. The lowest BCUT2D eigenvalue weighted by molar-refractivity contribution is -0.139. The zero-order valence-corrected chi connectivity index (χ0v) is 18.2. The number of nitrogens with two attached hydrogens (primary N) is 1. The van der Waals surface area contributed by atoms with Gasteiger partial charge < -0.3 is 20.1 Å². The number of ether oxygens (including phenoxy) is 2. The molecular weight excluding hydrogens is 410 g/mol. The lowest BCUT2D eigenvalue weighted by Crippen LogP contribution is -2.49. The normalized spacial score (nSPS) is 21.3. The fourth-order valence-corrected chi connectivity index (χ4v) is 5.67. The van der Waals surface area contributed by atoms with Crippen molar-refractivity contribution in [2.75, 3.05) is 40.4 Å². The largest absolute Gasteiger partial charge is 0.493 e. The Bertz CT molecular complexity index is 896. The second-order valence-electron chi connectivity index (χ2n) is 7.72. The van der Waals surface area contributed by atoms with Crippen LogP contribution < -0.4 is 15.2 Å². The first-order valence-corrected chi connectivity index (χ1v) is 11.5. The predicted molar refractivity (Wildman–Crippen MR) is 110 cm³/mol. The molecular formula is C20H29N3O6S. The van der Waals surface area contributed by atoms with E-state index >= 15 is 0 Å². The molecule has 2 heterocycles. The van der Waals surface area contributed by atoms with Crippen molar-refractivity contribution < 1.29 is 27.5 Å². The summed E-state index contributed by atoms with van der Waals surface area (Å²) in [5.41, 5.74) is 5.36. The molecule has 2 saturated heterocycles. The predicted octanol–water partition coefficient (Wildman–Crippen LogP) is 0.828. The van der Waals surface area contributed by atoms with E-state index in [0.29, 0.717) is 56.8 Å². The summed E-state index contributed by atoms with van der Waals surface area (Å²) >= 11 is 0. The van der Waals surface area contributed by atoms with Gasteiger partial charge in [-0.25, -0.2) is 8.42 Å². The molecule has 2 aliphatic rings. The first-order chi connectivity index (χ1) is 14.3. The quantitative estimate of drug-likeness (QED) is 0.701. The molecule has 166 valence electrons. The van der Waals surface area contributed by atoms with Gasteiger partial charge >= 0.3 is 0 Å². The lowest BCUT2D eigenvalue weighted by Gasteiger charge is -2.37. The average Bonchev–Trinajstić information content (AvgIpc) is 2.78. The van der Waals surface area contributed by atoms with E-state index < -0.39 is 15.9 Å². The number of methoxy groups -OCH3 is 2. The van der Waals surface area contributed by atoms with Crippen LogP contribution in [0.1, 0.15) is 25.7 Å². The summed E-state index contributed by atoms with van der Waals surface area (Å²) in [6.07, 6.45) is 2.37. The lowest BCUT2D eigenvalue weighted by atomic mass is 9.93. The van der Waals surface area contributed by atoms with E-state index in [0.717, 1.165) is 0 Å². The van der Waals surface area contributed by atoms with E-state index in [1.54, 1.807) is 11.0 Å². The number of hydrogen-bond acceptors (Lipinski definition) is 6. The second-order valence-corrected chi connectivity index (χ2v) is 9.66. The number of rotatable bonds is 6. The molecule has 1 aromatic rings. The van der Waals surface area contributed by atoms with Crippen molar-refractivity contribution in [2.24, 2.45) is 17.6 Å². The minimum absolute atomic E-state index is 0.0508. The maximum atomic E-state index is 13.2. The SMILES string of the molecule is COc1ccc(S(=O)(=O)N2CCC[C@H](C(=O)N3CCC(C(N)=O)CC3)C2)cc1OC. The van der Waals surface area contributed by atoms with E-state index in [2.05, 4.69) is 0 Å². The summed E-state index contributed by atoms with van der Waals surface area (Å²) in [4.78, 5) is 26.1. The third kappa shape index (κ3) is 4.54. The van der Waals surface area contributed by atoms with Crippen molar-refractivity contribution in [2.45, 2.75) is 30.6 Å². The molecule has 0 bridgehead atoms. The molecule has 3 rings (SSSR count). The number of amides is 2. The summed E-state index contributed by atoms with van der Waals surface area (Å²) in [6.45, 7) is 1.46. The van der Waals surface area contributed by atoms with Gasteiger partial charge in [-0.05, 0) is 37.8 Å². The molecule has 2 N–H and O–H groups in total. The van der Waals surface area contributed by atoms with Crippen LogP contribution in [0.25, 0.3) is 0 Å². The van der Waals surface area contributed by atoms with E-state index in [-0.39, 0.29) is 29.2 Å². The molecule has 2 fully saturated rings. The Morgan fingerprint density at radius 3 is 2.27 bits per heavy atom. The number of sulfonamides is 1. The highest BCUT2D eigenvalue weighted by atomic mass is 32.2. The van der Waals surface area contributed by atoms with Crippen LogP contribution in [0.15, 0.2) is 23.1 Å². The van der Waals surface area contributed by atoms with E-state index in [9.17, 15) is 18.0 Å². The summed E-state index contributed by atoms with van der Waals surface area (Å²) in [6, 6.07) is 4.48. The summed E-state index contributed by atoms with van der Waals surface area (Å²) in [7, 11) is -0.836. The van der Waals surface area contributed by atoms with Crippen molar-refractivity contribution in [1.29, 1.82) is 0 Å². The highest BCUT2D eigenvalue weighted by Gasteiger charge is 2.36. The Morgan fingerprint density at radius 2 is 1.67 bits per heavy atom. The maximum absolute atomic E-state index is 13.2. The Kier molecular flexibility index (Phi) is 6.87. The minimum atomic E-state index is -3.77. The highest BCUT2D eigenvalue weighted by molar-refractivity contribution is 7.89. The van der Waals surface area contributed by atoms with Crippen molar-refractivity contribution in [3.05, 3.63) is 18.2 Å². The summed E-state index contributed by atoms with van der Waals surface area (Å²) < 4.78 is 38.1. The Morgan fingerprint density at radius 1 is 1.00 bits per heavy atom. The molecule has 0 saturated carbocycles. The Balaban J connectivity index is 1.71. The molecule has 1 atom stereocenters. The van der Waals surface area contributed by atoms with E-state index in [1.807, 2.05) is 0 Å². The number of piperidine rings is 2. The maximum Gasteiger partial charge on any atom is 0.243 e. The Hall–Kier alpha value is -2.33. The van der Waals surface area contributed by atoms with Gasteiger partial charge in [-0.2, -0.15) is 4.31 Å². The molecule has 1 aromatic carbocycles. The van der Waals surface area contributed by atoms with Crippen LogP contribution in [0.5, 0.6) is 11.5 Å². The number of carbonyl (C=O) groups is 2. The number of carbonyl (C=O) groups excluding carboxylic acids is 2. The van der Waals surface area contributed by atoms with Gasteiger partial charge in [-0.1, -0.05) is 0 Å². The zero-order valence-electron chi connectivity index (χ0n) is 17.4. The van der Waals surface area contributed by atoms with Crippen molar-refractivity contribution >= 4 is 21.8 Å². The standard InChI is InChI=1S/C20H29N3O6S/c1-28-17-6-5-16(12-18(17)29-2)30(26,27)23-9-3-4-15(13-23)20(25)22-10-7-14(8-11-22)19(21)24/h5-6,12,14-15H,3-4,7-11,13H2,1-2H3,(H2,21,24)/t15-/m0/s1. The van der Waals surface area contributed by atoms with Gasteiger partial charge in [0.15, 0.2) is 11.5 Å². The van der Waals surface area contributed by atoms with Gasteiger partial charge in [0.05, 0.1) is 25.0 Å². The molecule has 10 heteroatoms. The van der Waals surface area contributed by atoms with Crippen LogP contribution in [-0.2, 0) is 19.6 Å². The van der Waals surface area contributed by atoms with Crippen LogP contribution in [0, 0.1) is 11.8 Å². The van der Waals surface area contributed by atoms with Gasteiger partial charge in [-0.15, -0.1) is 0 Å². The van der Waals surface area contributed by atoms with Crippen molar-refractivity contribution in [3.63, 3.8) is 0 Å². The Labute approximate surface area is 177 Å². The number of benzene rings is 1. The molecule has 0 unspecified atom stereocenters. The van der Waals surface area contributed by atoms with Gasteiger partial charge in [0.1, 0.15) is 0 Å². The fourth-order valence-electron chi connectivity index (χ4n) is 4.13. The summed E-state index contributed by atoms with van der Waals surface area (Å²) in [5.74, 6) is -0.179. The van der Waals surface area contributed by atoms with Crippen LogP contribution in [0.2, 0.25) is 0 Å². The van der Waals surface area contributed by atoms with Crippen LogP contribution >= 0.6 is 0 Å². The van der Waals surface area contributed by atoms with Gasteiger partial charge in [-0.3, -0.25) is 9.59 Å². The highest BCUT2D eigenvalue weighted by Crippen LogP contribution is 2.32. The molecule has 30 heavy (non-hydrogen) atoms. The molecule has 2 aliphatic heterocycles. The number of nitrogens with zero attached hydrogens (tertiary/aromatic N) is 2. The number of likely N-dealkylation sites (tertiary alicyclic amines) is 1. The van der Waals surface area contributed by atoms with E-state index in [1.165, 1.54) is 30.7 Å². The van der Waals surface area contributed by atoms with Crippen LogP contribution in [0.4, 0.5) is 0 Å². The fraction of sp³-hybridized carbons (Fsp3) is 0.600. The smallest absolute Gasteiger partial charge is 0.243 e. The molecule has 2 amide bonds. The molecule has 0 spiro atoms. The third-order valence-electron chi connectivity index (χ3n) is 5.94. The van der Waals surface area contributed by atoms with Crippen molar-refractivity contribution in [3.8, 4) is 11.5 Å².